The molecule has 3 aliphatic rings. The van der Waals surface area contributed by atoms with Gasteiger partial charge in [-0.1, -0.05) is 51.9 Å². The molecule has 2 atom stereocenters. The minimum atomic E-state index is -0.345. The Hall–Kier alpha value is -1.35. The topological polar surface area (TPSA) is 29.1 Å². The maximum atomic E-state index is 12.5. The van der Waals surface area contributed by atoms with Crippen LogP contribution in [0.15, 0.2) is 47.6 Å². The van der Waals surface area contributed by atoms with E-state index in [0.717, 1.165) is 24.9 Å². The van der Waals surface area contributed by atoms with Crippen LogP contribution in [0.5, 0.6) is 0 Å². The Labute approximate surface area is 120 Å². The van der Waals surface area contributed by atoms with E-state index in [1.54, 1.807) is 0 Å². The average Bonchev–Trinajstić information content (AvgIpc) is 2.90. The van der Waals surface area contributed by atoms with Crippen LogP contribution in [0, 0.1) is 0 Å². The van der Waals surface area contributed by atoms with Gasteiger partial charge >= 0.3 is 0 Å². The third-order valence-electron chi connectivity index (χ3n) is 4.53. The van der Waals surface area contributed by atoms with Gasteiger partial charge in [0.15, 0.2) is 0 Å². The molecular formula is C16H14BrNO. The zero-order valence-electron chi connectivity index (χ0n) is 10.4. The first-order valence-corrected chi connectivity index (χ1v) is 7.55. The highest BCUT2D eigenvalue weighted by atomic mass is 79.9. The first kappa shape index (κ1) is 11.5. The van der Waals surface area contributed by atoms with Gasteiger partial charge in [-0.05, 0) is 36.5 Å². The van der Waals surface area contributed by atoms with Gasteiger partial charge in [-0.2, -0.15) is 0 Å². The number of carbonyl (C=O) groups excluding carboxylic acids is 1. The van der Waals surface area contributed by atoms with Crippen molar-refractivity contribution in [1.82, 2.24) is 0 Å². The van der Waals surface area contributed by atoms with Crippen LogP contribution in [0.1, 0.15) is 24.8 Å². The normalized spacial score (nSPS) is 31.6. The number of amides is 1. The zero-order chi connectivity index (χ0) is 13.0. The fourth-order valence-corrected chi connectivity index (χ4v) is 4.16. The van der Waals surface area contributed by atoms with Crippen molar-refractivity contribution in [1.29, 1.82) is 0 Å². The molecule has 2 nitrogen and oxygen atoms in total. The Morgan fingerprint density at radius 2 is 2.11 bits per heavy atom. The second-order valence-electron chi connectivity index (χ2n) is 5.64. The number of alkyl halides is 1. The fraction of sp³-hybridized carbons (Fsp3) is 0.312. The molecule has 0 bridgehead atoms. The predicted octanol–water partition coefficient (Wildman–Crippen LogP) is 3.69. The van der Waals surface area contributed by atoms with Crippen LogP contribution < -0.4 is 5.32 Å². The van der Waals surface area contributed by atoms with Gasteiger partial charge in [-0.3, -0.25) is 4.79 Å². The maximum Gasteiger partial charge on any atom is 0.235 e. The van der Waals surface area contributed by atoms with E-state index in [9.17, 15) is 4.79 Å². The van der Waals surface area contributed by atoms with E-state index in [1.807, 2.05) is 18.2 Å². The summed E-state index contributed by atoms with van der Waals surface area (Å²) in [6.45, 7) is 0. The van der Waals surface area contributed by atoms with E-state index in [4.69, 9.17) is 0 Å². The lowest BCUT2D eigenvalue weighted by atomic mass is 9.78. The van der Waals surface area contributed by atoms with E-state index in [0.29, 0.717) is 4.83 Å². The summed E-state index contributed by atoms with van der Waals surface area (Å²) in [7, 11) is 0. The Balaban J connectivity index is 1.79. The number of hydrogen-bond acceptors (Lipinski definition) is 1. The molecule has 1 aromatic carbocycles. The van der Waals surface area contributed by atoms with Crippen molar-refractivity contribution in [2.24, 2.45) is 0 Å². The van der Waals surface area contributed by atoms with Gasteiger partial charge < -0.3 is 5.32 Å². The Morgan fingerprint density at radius 1 is 1.26 bits per heavy atom. The molecule has 0 aromatic heterocycles. The lowest BCUT2D eigenvalue weighted by Gasteiger charge is -2.21. The summed E-state index contributed by atoms with van der Waals surface area (Å²) in [6.07, 6.45) is 7.14. The van der Waals surface area contributed by atoms with Crippen LogP contribution in [0.25, 0.3) is 0 Å². The number of benzene rings is 1. The molecule has 1 aromatic rings. The minimum Gasteiger partial charge on any atom is -0.325 e. The lowest BCUT2D eigenvalue weighted by Crippen LogP contribution is -2.32. The van der Waals surface area contributed by atoms with Gasteiger partial charge in [0, 0.05) is 10.5 Å². The van der Waals surface area contributed by atoms with Crippen molar-refractivity contribution < 1.29 is 4.79 Å². The number of anilines is 1. The number of allylic oxidation sites excluding steroid dienone is 4. The number of rotatable bonds is 0. The molecule has 0 fully saturated rings. The van der Waals surface area contributed by atoms with Gasteiger partial charge in [0.25, 0.3) is 0 Å². The fourth-order valence-electron chi connectivity index (χ4n) is 3.62. The minimum absolute atomic E-state index is 0.169. The lowest BCUT2D eigenvalue weighted by molar-refractivity contribution is -0.120. The van der Waals surface area contributed by atoms with Crippen molar-refractivity contribution in [3.05, 3.63) is 53.1 Å². The molecule has 0 radical (unpaired) electrons. The smallest absolute Gasteiger partial charge is 0.235 e. The second kappa shape index (κ2) is 3.83. The number of nitrogens with one attached hydrogen (secondary N) is 1. The van der Waals surface area contributed by atoms with Gasteiger partial charge in [0.2, 0.25) is 5.91 Å². The predicted molar refractivity (Wildman–Crippen MR) is 79.5 cm³/mol. The number of hydrogen-bond donors (Lipinski definition) is 1. The van der Waals surface area contributed by atoms with E-state index in [1.165, 1.54) is 16.7 Å². The summed E-state index contributed by atoms with van der Waals surface area (Å²) in [5, 5.41) is 3.05. The van der Waals surface area contributed by atoms with E-state index >= 15 is 0 Å². The van der Waals surface area contributed by atoms with Crippen LogP contribution in [0.3, 0.4) is 0 Å². The number of halogens is 1. The highest BCUT2D eigenvalue weighted by Gasteiger charge is 2.51. The van der Waals surface area contributed by atoms with Crippen molar-refractivity contribution in [3.63, 3.8) is 0 Å². The Bertz CT molecular complexity index is 646. The van der Waals surface area contributed by atoms with E-state index in [2.05, 4.69) is 39.5 Å². The molecule has 1 heterocycles. The van der Waals surface area contributed by atoms with Crippen LogP contribution in [0.4, 0.5) is 5.69 Å². The van der Waals surface area contributed by atoms with Crippen molar-refractivity contribution in [3.8, 4) is 0 Å². The summed E-state index contributed by atoms with van der Waals surface area (Å²) in [5.74, 6) is 0.169. The Kier molecular flexibility index (Phi) is 2.31. The van der Waals surface area contributed by atoms with Crippen molar-refractivity contribution in [2.45, 2.75) is 29.5 Å². The monoisotopic (exact) mass is 315 g/mol. The second-order valence-corrected chi connectivity index (χ2v) is 6.82. The van der Waals surface area contributed by atoms with Crippen LogP contribution in [0.2, 0.25) is 0 Å². The van der Waals surface area contributed by atoms with E-state index < -0.39 is 0 Å². The van der Waals surface area contributed by atoms with Crippen LogP contribution in [-0.4, -0.2) is 10.7 Å². The van der Waals surface area contributed by atoms with Gasteiger partial charge in [0.1, 0.15) is 0 Å². The molecule has 0 saturated carbocycles. The van der Waals surface area contributed by atoms with Gasteiger partial charge in [0.05, 0.1) is 5.41 Å². The largest absolute Gasteiger partial charge is 0.325 e. The maximum absolute atomic E-state index is 12.5. The number of carbonyl (C=O) groups is 1. The first-order chi connectivity index (χ1) is 9.19. The van der Waals surface area contributed by atoms with Gasteiger partial charge in [-0.25, -0.2) is 0 Å². The molecule has 1 aliphatic heterocycles. The molecular weight excluding hydrogens is 302 g/mol. The first-order valence-electron chi connectivity index (χ1n) is 6.63. The molecule has 1 spiro atoms. The summed E-state index contributed by atoms with van der Waals surface area (Å²) >= 11 is 3.65. The van der Waals surface area contributed by atoms with Gasteiger partial charge in [-0.15, -0.1) is 0 Å². The summed E-state index contributed by atoms with van der Waals surface area (Å²) in [4.78, 5) is 12.9. The highest BCUT2D eigenvalue weighted by molar-refractivity contribution is 9.09. The molecule has 96 valence electrons. The standard InChI is InChI=1S/C16H14BrNO/c17-12-6-5-10-8-16(9-11(10)7-12)13-3-1-2-4-14(13)18-15(16)19/h1-6,12H,7-9H2,(H,18,19). The Morgan fingerprint density at radius 3 is 3.00 bits per heavy atom. The summed E-state index contributed by atoms with van der Waals surface area (Å²) in [5.41, 5.74) is 4.63. The van der Waals surface area contributed by atoms with Crippen LogP contribution in [-0.2, 0) is 10.2 Å². The van der Waals surface area contributed by atoms with Crippen molar-refractivity contribution in [2.75, 3.05) is 5.32 Å². The average molecular weight is 316 g/mol. The SMILES string of the molecule is O=C1Nc2ccccc2C12CC1=C(CC(Br)C=C1)C2. The molecule has 3 heteroatoms. The molecule has 2 unspecified atom stereocenters. The summed E-state index contributed by atoms with van der Waals surface area (Å²) in [6, 6.07) is 8.11. The molecule has 2 aliphatic carbocycles. The highest BCUT2D eigenvalue weighted by Crippen LogP contribution is 2.53. The van der Waals surface area contributed by atoms with E-state index in [-0.39, 0.29) is 11.3 Å². The third-order valence-corrected chi connectivity index (χ3v) is 5.16. The summed E-state index contributed by atoms with van der Waals surface area (Å²) < 4.78 is 0. The molecule has 4 rings (SSSR count). The zero-order valence-corrected chi connectivity index (χ0v) is 12.0. The van der Waals surface area contributed by atoms with Crippen LogP contribution >= 0.6 is 15.9 Å². The number of para-hydroxylation sites is 1. The molecule has 1 amide bonds. The molecule has 1 N–H and O–H groups in total. The molecule has 19 heavy (non-hydrogen) atoms. The number of fused-ring (bicyclic) bond motifs is 2. The molecule has 0 saturated heterocycles. The third kappa shape index (κ3) is 1.51. The van der Waals surface area contributed by atoms with Crippen molar-refractivity contribution >= 4 is 27.5 Å². The quantitative estimate of drug-likeness (QED) is 0.727.